The molecule has 0 fully saturated rings. The lowest BCUT2D eigenvalue weighted by molar-refractivity contribution is 1.28. The van der Waals surface area contributed by atoms with Gasteiger partial charge in [-0.2, -0.15) is 0 Å². The van der Waals surface area contributed by atoms with Gasteiger partial charge in [0.05, 0.1) is 5.69 Å². The van der Waals surface area contributed by atoms with E-state index < -0.39 is 0 Å². The molecule has 0 bridgehead atoms. The number of anilines is 3. The highest BCUT2D eigenvalue weighted by Gasteiger charge is 2.20. The van der Waals surface area contributed by atoms with Crippen LogP contribution < -0.4 is 4.90 Å². The first-order valence-corrected chi connectivity index (χ1v) is 22.0. The van der Waals surface area contributed by atoms with Gasteiger partial charge in [-0.3, -0.25) is 0 Å². The van der Waals surface area contributed by atoms with Gasteiger partial charge < -0.3 is 4.90 Å². The Morgan fingerprint density at radius 1 is 0.242 bits per heavy atom. The van der Waals surface area contributed by atoms with E-state index in [4.69, 9.17) is 0 Å². The van der Waals surface area contributed by atoms with Gasteiger partial charge >= 0.3 is 0 Å². The van der Waals surface area contributed by atoms with E-state index in [0.29, 0.717) is 0 Å². The summed E-state index contributed by atoms with van der Waals surface area (Å²) in [5.41, 5.74) is 17.6. The van der Waals surface area contributed by atoms with Gasteiger partial charge in [0.15, 0.2) is 0 Å². The van der Waals surface area contributed by atoms with Crippen LogP contribution in [0.1, 0.15) is 0 Å². The summed E-state index contributed by atoms with van der Waals surface area (Å²) >= 11 is 1.86. The third kappa shape index (κ3) is 7.07. The molecule has 0 saturated carbocycles. The number of fused-ring (bicyclic) bond motifs is 3. The van der Waals surface area contributed by atoms with Crippen molar-refractivity contribution in [2.75, 3.05) is 4.90 Å². The summed E-state index contributed by atoms with van der Waals surface area (Å²) in [5, 5.41) is 2.63. The van der Waals surface area contributed by atoms with Crippen LogP contribution in [-0.2, 0) is 0 Å². The zero-order valence-corrected chi connectivity index (χ0v) is 34.8. The van der Waals surface area contributed by atoms with E-state index in [0.717, 1.165) is 22.6 Å². The van der Waals surface area contributed by atoms with Crippen molar-refractivity contribution in [1.29, 1.82) is 0 Å². The maximum atomic E-state index is 2.41. The molecule has 1 nitrogen and oxygen atoms in total. The van der Waals surface area contributed by atoms with Crippen LogP contribution in [0.5, 0.6) is 0 Å². The van der Waals surface area contributed by atoms with Crippen molar-refractivity contribution < 1.29 is 0 Å². The number of benzene rings is 10. The minimum Gasteiger partial charge on any atom is -0.310 e. The van der Waals surface area contributed by atoms with E-state index in [1.165, 1.54) is 81.4 Å². The molecular weight excluding hydrogens is 767 g/mol. The number of para-hydroxylation sites is 1. The fraction of sp³-hybridized carbons (Fsp3) is 0. The Hall–Kier alpha value is -7.78. The molecule has 0 saturated heterocycles. The number of rotatable bonds is 9. The first kappa shape index (κ1) is 37.2. The fourth-order valence-corrected chi connectivity index (χ4v) is 9.95. The topological polar surface area (TPSA) is 3.24 Å². The molecule has 292 valence electrons. The normalized spacial score (nSPS) is 11.2. The van der Waals surface area contributed by atoms with Crippen LogP contribution in [-0.4, -0.2) is 0 Å². The molecule has 10 aromatic carbocycles. The number of nitrogens with zero attached hydrogens (tertiary/aromatic N) is 1. The van der Waals surface area contributed by atoms with Crippen molar-refractivity contribution in [2.24, 2.45) is 0 Å². The quantitative estimate of drug-likeness (QED) is 0.140. The zero-order valence-electron chi connectivity index (χ0n) is 34.0. The van der Waals surface area contributed by atoms with Gasteiger partial charge in [0.25, 0.3) is 0 Å². The molecule has 0 aliphatic heterocycles. The third-order valence-corrected chi connectivity index (χ3v) is 13.1. The number of thiophene rings is 1. The maximum Gasteiger partial charge on any atom is 0.0540 e. The highest BCUT2D eigenvalue weighted by Crippen LogP contribution is 2.46. The molecule has 1 heterocycles. The summed E-state index contributed by atoms with van der Waals surface area (Å²) in [6.45, 7) is 0. The van der Waals surface area contributed by atoms with Crippen molar-refractivity contribution in [3.8, 4) is 66.8 Å². The van der Waals surface area contributed by atoms with Crippen LogP contribution in [0.2, 0.25) is 0 Å². The van der Waals surface area contributed by atoms with Gasteiger partial charge in [0.1, 0.15) is 0 Å². The molecule has 0 N–H and O–H groups in total. The third-order valence-electron chi connectivity index (χ3n) is 12.0. The monoisotopic (exact) mass is 807 g/mol. The Morgan fingerprint density at radius 2 is 0.629 bits per heavy atom. The van der Waals surface area contributed by atoms with Crippen LogP contribution in [0, 0.1) is 0 Å². The van der Waals surface area contributed by atoms with Crippen molar-refractivity contribution in [2.45, 2.75) is 0 Å². The summed E-state index contributed by atoms with van der Waals surface area (Å²) in [5.74, 6) is 0. The average molecular weight is 808 g/mol. The lowest BCUT2D eigenvalue weighted by atomic mass is 9.88. The first-order valence-electron chi connectivity index (χ1n) is 21.2. The lowest BCUT2D eigenvalue weighted by Gasteiger charge is -2.29. The maximum absolute atomic E-state index is 2.41. The summed E-state index contributed by atoms with van der Waals surface area (Å²) in [6, 6.07) is 90.3. The summed E-state index contributed by atoms with van der Waals surface area (Å²) < 4.78 is 2.64. The van der Waals surface area contributed by atoms with Gasteiger partial charge in [-0.15, -0.1) is 11.3 Å². The first-order chi connectivity index (χ1) is 30.7. The molecule has 0 unspecified atom stereocenters. The molecule has 0 aliphatic carbocycles. The zero-order chi connectivity index (χ0) is 41.2. The second-order valence-corrected chi connectivity index (χ2v) is 16.7. The minimum absolute atomic E-state index is 1.09. The Morgan fingerprint density at radius 3 is 1.24 bits per heavy atom. The molecule has 1 aromatic heterocycles. The molecule has 62 heavy (non-hydrogen) atoms. The van der Waals surface area contributed by atoms with Crippen LogP contribution in [0.15, 0.2) is 249 Å². The molecule has 0 amide bonds. The summed E-state index contributed by atoms with van der Waals surface area (Å²) in [4.78, 5) is 2.41. The highest BCUT2D eigenvalue weighted by atomic mass is 32.1. The summed E-state index contributed by atoms with van der Waals surface area (Å²) in [6.07, 6.45) is 0. The van der Waals surface area contributed by atoms with Gasteiger partial charge in [0, 0.05) is 37.1 Å². The molecular formula is C60H41NS. The minimum atomic E-state index is 1.09. The molecule has 0 spiro atoms. The second-order valence-electron chi connectivity index (χ2n) is 15.7. The van der Waals surface area contributed by atoms with Gasteiger partial charge in [-0.25, -0.2) is 0 Å². The van der Waals surface area contributed by atoms with E-state index >= 15 is 0 Å². The van der Waals surface area contributed by atoms with Gasteiger partial charge in [-0.1, -0.05) is 200 Å². The molecule has 11 rings (SSSR count). The Bertz CT molecular complexity index is 3310. The van der Waals surface area contributed by atoms with Crippen LogP contribution >= 0.6 is 11.3 Å². The Kier molecular flexibility index (Phi) is 9.82. The smallest absolute Gasteiger partial charge is 0.0540 e. The Balaban J connectivity index is 1.02. The SMILES string of the molecule is c1ccc(-c2ccc(-c3ccc(N(c4ccc(-c5ccc6sc7ccccc7c6c5)cc4)c4ccccc4-c4ccccc4-c4ccccc4-c4ccccc4)cc3)cc2)cc1. The molecule has 11 aromatic rings. The van der Waals surface area contributed by atoms with E-state index in [2.05, 4.69) is 254 Å². The predicted octanol–water partition coefficient (Wildman–Crippen LogP) is 17.5. The highest BCUT2D eigenvalue weighted by molar-refractivity contribution is 7.25. The number of hydrogen-bond acceptors (Lipinski definition) is 2. The largest absolute Gasteiger partial charge is 0.310 e. The molecule has 0 aliphatic rings. The fourth-order valence-electron chi connectivity index (χ4n) is 8.86. The predicted molar refractivity (Wildman–Crippen MR) is 267 cm³/mol. The van der Waals surface area contributed by atoms with E-state index in [1.807, 2.05) is 11.3 Å². The van der Waals surface area contributed by atoms with Crippen LogP contribution in [0.3, 0.4) is 0 Å². The average Bonchev–Trinajstić information content (AvgIpc) is 3.73. The van der Waals surface area contributed by atoms with Crippen molar-refractivity contribution >= 4 is 48.6 Å². The second kappa shape index (κ2) is 16.3. The molecule has 0 radical (unpaired) electrons. The van der Waals surface area contributed by atoms with E-state index in [9.17, 15) is 0 Å². The van der Waals surface area contributed by atoms with Gasteiger partial charge in [-0.05, 0) is 110 Å². The van der Waals surface area contributed by atoms with Crippen molar-refractivity contribution in [3.63, 3.8) is 0 Å². The lowest BCUT2D eigenvalue weighted by Crippen LogP contribution is -2.11. The van der Waals surface area contributed by atoms with Gasteiger partial charge in [0.2, 0.25) is 0 Å². The Labute approximate surface area is 367 Å². The van der Waals surface area contributed by atoms with E-state index in [1.54, 1.807) is 0 Å². The van der Waals surface area contributed by atoms with Crippen LogP contribution in [0.4, 0.5) is 17.1 Å². The van der Waals surface area contributed by atoms with Crippen molar-refractivity contribution in [1.82, 2.24) is 0 Å². The molecule has 2 heteroatoms. The summed E-state index contributed by atoms with van der Waals surface area (Å²) in [7, 11) is 0. The van der Waals surface area contributed by atoms with E-state index in [-0.39, 0.29) is 0 Å². The standard InChI is InChI=1S/C60H41NS/c1-3-15-42(16-4-1)43-27-29-44(30-28-43)45-31-36-49(37-32-45)61(50-38-33-46(34-39-50)48-35-40-60-57(41-48)56-24-12-14-26-59(56)62-60)58-25-13-11-23-55(58)54-22-10-9-21-53(54)52-20-8-7-19-51(52)47-17-5-2-6-18-47/h1-41H. The molecule has 0 atom stereocenters. The van der Waals surface area contributed by atoms with Crippen molar-refractivity contribution in [3.05, 3.63) is 249 Å². The number of hydrogen-bond donors (Lipinski definition) is 0. The van der Waals surface area contributed by atoms with Crippen LogP contribution in [0.25, 0.3) is 86.9 Å².